The molecule has 0 spiro atoms. The Hall–Kier alpha value is -1.72. The molecule has 0 amide bonds. The number of aliphatic hydroxyl groups is 1. The van der Waals surface area contributed by atoms with Crippen LogP contribution >= 0.6 is 0 Å². The van der Waals surface area contributed by atoms with Crippen molar-refractivity contribution in [2.75, 3.05) is 6.61 Å². The van der Waals surface area contributed by atoms with Crippen LogP contribution < -0.4 is 0 Å². The molecule has 1 N–H and O–H groups in total. The summed E-state index contributed by atoms with van der Waals surface area (Å²) in [6.45, 7) is 8.88. The highest BCUT2D eigenvalue weighted by atomic mass is 16.5. The van der Waals surface area contributed by atoms with Crippen LogP contribution in [-0.4, -0.2) is 41.8 Å². The number of ketones is 1. The summed E-state index contributed by atoms with van der Waals surface area (Å²) in [6, 6.07) is 0. The topological polar surface area (TPSA) is 72.8 Å². The van der Waals surface area contributed by atoms with Crippen LogP contribution in [0, 0.1) is 0 Å². The Labute approximate surface area is 138 Å². The predicted octanol–water partition coefficient (Wildman–Crippen LogP) is 2.74. The summed E-state index contributed by atoms with van der Waals surface area (Å²) in [5, 5.41) is 9.67. The van der Waals surface area contributed by atoms with Gasteiger partial charge in [-0.15, -0.1) is 0 Å². The molecule has 1 unspecified atom stereocenters. The van der Waals surface area contributed by atoms with Crippen molar-refractivity contribution in [2.24, 2.45) is 0 Å². The molecule has 0 fully saturated rings. The first-order valence-corrected chi connectivity index (χ1v) is 7.75. The number of hydrogen-bond acceptors (Lipinski definition) is 5. The highest BCUT2D eigenvalue weighted by molar-refractivity contribution is 5.87. The summed E-state index contributed by atoms with van der Waals surface area (Å²) in [7, 11) is 0. The van der Waals surface area contributed by atoms with Crippen LogP contribution in [0.4, 0.5) is 0 Å². The van der Waals surface area contributed by atoms with Crippen molar-refractivity contribution in [1.29, 1.82) is 0 Å². The molecule has 0 aliphatic carbocycles. The molecule has 0 aromatic heterocycles. The number of carbonyl (C=O) groups is 2. The van der Waals surface area contributed by atoms with Gasteiger partial charge in [-0.2, -0.15) is 0 Å². The van der Waals surface area contributed by atoms with Crippen LogP contribution in [0.2, 0.25) is 0 Å². The first kappa shape index (κ1) is 21.3. The normalized spacial score (nSPS) is 15.3. The molecular formula is C18H28O5. The summed E-state index contributed by atoms with van der Waals surface area (Å²) in [4.78, 5) is 22.3. The monoisotopic (exact) mass is 324 g/mol. The SMILES string of the molecule is CC(=O)/C=C/C=C/[C@@H](OCC/C(C)=C/C(=O)OC(C)C)C(C)O. The lowest BCUT2D eigenvalue weighted by Gasteiger charge is -2.17. The molecule has 0 aromatic rings. The van der Waals surface area contributed by atoms with Crippen LogP contribution in [0.5, 0.6) is 0 Å². The van der Waals surface area contributed by atoms with E-state index in [1.54, 1.807) is 39.0 Å². The fraction of sp³-hybridized carbons (Fsp3) is 0.556. The Bertz CT molecular complexity index is 458. The van der Waals surface area contributed by atoms with Gasteiger partial charge < -0.3 is 14.6 Å². The Balaban J connectivity index is 4.35. The van der Waals surface area contributed by atoms with Gasteiger partial charge in [-0.25, -0.2) is 4.79 Å². The molecule has 0 aliphatic heterocycles. The Morgan fingerprint density at radius 3 is 2.30 bits per heavy atom. The van der Waals surface area contributed by atoms with Crippen LogP contribution in [0.15, 0.2) is 36.0 Å². The Morgan fingerprint density at radius 2 is 1.78 bits per heavy atom. The molecular weight excluding hydrogens is 296 g/mol. The van der Waals surface area contributed by atoms with Gasteiger partial charge in [0.25, 0.3) is 0 Å². The van der Waals surface area contributed by atoms with E-state index in [0.717, 1.165) is 5.57 Å². The first-order chi connectivity index (χ1) is 10.7. The average Bonchev–Trinajstić information content (AvgIpc) is 2.39. The zero-order valence-electron chi connectivity index (χ0n) is 14.6. The molecule has 0 heterocycles. The van der Waals surface area contributed by atoms with Crippen LogP contribution in [-0.2, 0) is 19.1 Å². The highest BCUT2D eigenvalue weighted by Crippen LogP contribution is 2.07. The number of aliphatic hydroxyl groups excluding tert-OH is 1. The standard InChI is InChI=1S/C18H28O5/c1-13(2)23-18(21)12-14(3)10-11-22-17(16(5)20)9-7-6-8-15(4)19/h6-9,12-13,16-17,20H,10-11H2,1-5H3/b8-6+,9-7+,14-12+/t16?,17-/m1/s1. The maximum Gasteiger partial charge on any atom is 0.330 e. The molecule has 0 bridgehead atoms. The zero-order chi connectivity index (χ0) is 17.8. The van der Waals surface area contributed by atoms with Crippen molar-refractivity contribution in [3.8, 4) is 0 Å². The van der Waals surface area contributed by atoms with Gasteiger partial charge >= 0.3 is 5.97 Å². The fourth-order valence-electron chi connectivity index (χ4n) is 1.62. The minimum atomic E-state index is -0.674. The van der Waals surface area contributed by atoms with Crippen molar-refractivity contribution in [2.45, 2.75) is 59.4 Å². The van der Waals surface area contributed by atoms with E-state index >= 15 is 0 Å². The van der Waals surface area contributed by atoms with E-state index < -0.39 is 12.2 Å². The molecule has 0 saturated carbocycles. The van der Waals surface area contributed by atoms with Gasteiger partial charge in [-0.3, -0.25) is 4.79 Å². The molecule has 0 aromatic carbocycles. The molecule has 0 radical (unpaired) electrons. The van der Waals surface area contributed by atoms with Crippen molar-refractivity contribution in [3.63, 3.8) is 0 Å². The summed E-state index contributed by atoms with van der Waals surface area (Å²) in [5.74, 6) is -0.406. The van der Waals surface area contributed by atoms with E-state index in [-0.39, 0.29) is 17.9 Å². The molecule has 0 saturated heterocycles. The first-order valence-electron chi connectivity index (χ1n) is 7.75. The Morgan fingerprint density at radius 1 is 1.13 bits per heavy atom. The minimum Gasteiger partial charge on any atom is -0.460 e. The smallest absolute Gasteiger partial charge is 0.330 e. The van der Waals surface area contributed by atoms with Gasteiger partial charge in [-0.05, 0) is 47.1 Å². The second-order valence-electron chi connectivity index (χ2n) is 5.66. The highest BCUT2D eigenvalue weighted by Gasteiger charge is 2.11. The quantitative estimate of drug-likeness (QED) is 0.380. The van der Waals surface area contributed by atoms with Crippen molar-refractivity contribution in [1.82, 2.24) is 0 Å². The van der Waals surface area contributed by atoms with E-state index in [2.05, 4.69) is 0 Å². The largest absolute Gasteiger partial charge is 0.460 e. The predicted molar refractivity (Wildman–Crippen MR) is 90.0 cm³/mol. The lowest BCUT2D eigenvalue weighted by molar-refractivity contribution is -0.141. The number of allylic oxidation sites excluding steroid dienone is 3. The molecule has 23 heavy (non-hydrogen) atoms. The Kier molecular flexibility index (Phi) is 10.9. The molecule has 2 atom stereocenters. The lowest BCUT2D eigenvalue weighted by atomic mass is 10.2. The van der Waals surface area contributed by atoms with Gasteiger partial charge in [0.2, 0.25) is 0 Å². The van der Waals surface area contributed by atoms with E-state index in [1.165, 1.54) is 19.1 Å². The van der Waals surface area contributed by atoms with Crippen LogP contribution in [0.3, 0.4) is 0 Å². The summed E-state index contributed by atoms with van der Waals surface area (Å²) < 4.78 is 10.6. The number of esters is 1. The molecule has 5 heteroatoms. The number of hydrogen-bond donors (Lipinski definition) is 1. The van der Waals surface area contributed by atoms with Crippen molar-refractivity contribution in [3.05, 3.63) is 36.0 Å². The second kappa shape index (κ2) is 11.8. The molecule has 0 rings (SSSR count). The second-order valence-corrected chi connectivity index (χ2v) is 5.66. The third-order valence-corrected chi connectivity index (χ3v) is 2.74. The summed E-state index contributed by atoms with van der Waals surface area (Å²) in [5.41, 5.74) is 0.848. The van der Waals surface area contributed by atoms with E-state index in [0.29, 0.717) is 13.0 Å². The number of ether oxygens (including phenoxy) is 2. The molecule has 130 valence electrons. The maximum absolute atomic E-state index is 11.5. The van der Waals surface area contributed by atoms with E-state index in [9.17, 15) is 14.7 Å². The van der Waals surface area contributed by atoms with Crippen LogP contribution in [0.1, 0.15) is 41.0 Å². The van der Waals surface area contributed by atoms with Crippen molar-refractivity contribution < 1.29 is 24.2 Å². The van der Waals surface area contributed by atoms with E-state index in [1.807, 2.05) is 6.92 Å². The zero-order valence-corrected chi connectivity index (χ0v) is 14.6. The summed E-state index contributed by atoms with van der Waals surface area (Å²) in [6.07, 6.45) is 7.12. The third kappa shape index (κ3) is 12.5. The maximum atomic E-state index is 11.5. The van der Waals surface area contributed by atoms with Gasteiger partial charge in [0.15, 0.2) is 5.78 Å². The van der Waals surface area contributed by atoms with Gasteiger partial charge in [0.05, 0.1) is 18.8 Å². The number of rotatable bonds is 10. The molecule has 0 aliphatic rings. The third-order valence-electron chi connectivity index (χ3n) is 2.74. The van der Waals surface area contributed by atoms with Gasteiger partial charge in [-0.1, -0.05) is 23.8 Å². The minimum absolute atomic E-state index is 0.0433. The summed E-state index contributed by atoms with van der Waals surface area (Å²) >= 11 is 0. The van der Waals surface area contributed by atoms with E-state index in [4.69, 9.17) is 9.47 Å². The lowest BCUT2D eigenvalue weighted by Crippen LogP contribution is -2.24. The fourth-order valence-corrected chi connectivity index (χ4v) is 1.62. The molecule has 5 nitrogen and oxygen atoms in total. The van der Waals surface area contributed by atoms with Gasteiger partial charge in [0, 0.05) is 6.08 Å². The van der Waals surface area contributed by atoms with Crippen LogP contribution in [0.25, 0.3) is 0 Å². The van der Waals surface area contributed by atoms with Crippen molar-refractivity contribution >= 4 is 11.8 Å². The average molecular weight is 324 g/mol. The van der Waals surface area contributed by atoms with Gasteiger partial charge in [0.1, 0.15) is 6.10 Å². The number of carbonyl (C=O) groups excluding carboxylic acids is 2.